The van der Waals surface area contributed by atoms with Crippen LogP contribution in [0.15, 0.2) is 67.0 Å². The minimum absolute atomic E-state index is 0.224. The van der Waals surface area contributed by atoms with E-state index in [-0.39, 0.29) is 6.03 Å². The van der Waals surface area contributed by atoms with Crippen LogP contribution < -0.4 is 10.6 Å². The summed E-state index contributed by atoms with van der Waals surface area (Å²) in [5, 5.41) is 7.99. The van der Waals surface area contributed by atoms with Crippen LogP contribution >= 0.6 is 0 Å². The molecule has 0 saturated heterocycles. The van der Waals surface area contributed by atoms with Crippen molar-refractivity contribution in [2.75, 3.05) is 11.9 Å². The van der Waals surface area contributed by atoms with Gasteiger partial charge < -0.3 is 15.6 Å². The lowest BCUT2D eigenvalue weighted by atomic mass is 10.1. The SMILES string of the molecule is O=C(NCCc1c[nH]c2ccccc12)Nc1cccc2cccnc12. The van der Waals surface area contributed by atoms with Gasteiger partial charge in [0.2, 0.25) is 0 Å². The van der Waals surface area contributed by atoms with E-state index in [0.717, 1.165) is 22.8 Å². The maximum Gasteiger partial charge on any atom is 0.319 e. The third-order valence-corrected chi connectivity index (χ3v) is 4.24. The maximum absolute atomic E-state index is 12.2. The first-order chi connectivity index (χ1) is 12.3. The number of amides is 2. The molecule has 2 amide bonds. The Morgan fingerprint density at radius 3 is 2.88 bits per heavy atom. The Morgan fingerprint density at radius 2 is 1.92 bits per heavy atom. The number of nitrogens with one attached hydrogen (secondary N) is 3. The highest BCUT2D eigenvalue weighted by Crippen LogP contribution is 2.20. The molecule has 0 saturated carbocycles. The van der Waals surface area contributed by atoms with Crippen LogP contribution in [0.25, 0.3) is 21.8 Å². The van der Waals surface area contributed by atoms with Gasteiger partial charge in [-0.3, -0.25) is 4.98 Å². The maximum atomic E-state index is 12.2. The predicted octanol–water partition coefficient (Wildman–Crippen LogP) is 4.08. The average molecular weight is 330 g/mol. The van der Waals surface area contributed by atoms with Gasteiger partial charge in [0.15, 0.2) is 0 Å². The number of rotatable bonds is 4. The largest absolute Gasteiger partial charge is 0.361 e. The second-order valence-corrected chi connectivity index (χ2v) is 5.87. The summed E-state index contributed by atoms with van der Waals surface area (Å²) in [4.78, 5) is 19.8. The molecule has 5 heteroatoms. The Morgan fingerprint density at radius 1 is 1.04 bits per heavy atom. The second kappa shape index (κ2) is 6.65. The molecule has 0 aliphatic carbocycles. The highest BCUT2D eigenvalue weighted by molar-refractivity contribution is 5.99. The van der Waals surface area contributed by atoms with Crippen LogP contribution in [0.5, 0.6) is 0 Å². The summed E-state index contributed by atoms with van der Waals surface area (Å²) in [5.74, 6) is 0. The van der Waals surface area contributed by atoms with E-state index in [1.165, 1.54) is 10.9 Å². The van der Waals surface area contributed by atoms with Gasteiger partial charge in [-0.2, -0.15) is 0 Å². The number of pyridine rings is 1. The highest BCUT2D eigenvalue weighted by Gasteiger charge is 2.07. The van der Waals surface area contributed by atoms with Gasteiger partial charge in [-0.15, -0.1) is 0 Å². The van der Waals surface area contributed by atoms with Crippen LogP contribution in [0.4, 0.5) is 10.5 Å². The molecule has 2 aromatic carbocycles. The molecule has 2 aromatic heterocycles. The van der Waals surface area contributed by atoms with Crippen molar-refractivity contribution in [1.82, 2.24) is 15.3 Å². The second-order valence-electron chi connectivity index (χ2n) is 5.87. The number of carbonyl (C=O) groups is 1. The van der Waals surface area contributed by atoms with Crippen LogP contribution in [-0.4, -0.2) is 22.5 Å². The summed E-state index contributed by atoms with van der Waals surface area (Å²) in [5.41, 5.74) is 3.81. The van der Waals surface area contributed by atoms with Crippen molar-refractivity contribution in [2.24, 2.45) is 0 Å². The highest BCUT2D eigenvalue weighted by atomic mass is 16.2. The van der Waals surface area contributed by atoms with E-state index in [2.05, 4.69) is 26.7 Å². The van der Waals surface area contributed by atoms with E-state index in [0.29, 0.717) is 12.2 Å². The molecule has 0 atom stereocenters. The monoisotopic (exact) mass is 330 g/mol. The normalized spacial score (nSPS) is 10.9. The van der Waals surface area contributed by atoms with Crippen molar-refractivity contribution in [2.45, 2.75) is 6.42 Å². The van der Waals surface area contributed by atoms with Gasteiger partial charge in [0.1, 0.15) is 0 Å². The van der Waals surface area contributed by atoms with Crippen LogP contribution in [0.3, 0.4) is 0 Å². The molecular formula is C20H18N4O. The number of aromatic amines is 1. The van der Waals surface area contributed by atoms with Gasteiger partial charge in [0.25, 0.3) is 0 Å². The lowest BCUT2D eigenvalue weighted by molar-refractivity contribution is 0.252. The minimum atomic E-state index is -0.224. The molecule has 124 valence electrons. The molecule has 0 radical (unpaired) electrons. The molecule has 0 aliphatic heterocycles. The van der Waals surface area contributed by atoms with Crippen molar-refractivity contribution in [3.63, 3.8) is 0 Å². The van der Waals surface area contributed by atoms with Gasteiger partial charge in [0.05, 0.1) is 11.2 Å². The van der Waals surface area contributed by atoms with E-state index < -0.39 is 0 Å². The number of carbonyl (C=O) groups excluding carboxylic acids is 1. The minimum Gasteiger partial charge on any atom is -0.361 e. The number of benzene rings is 2. The van der Waals surface area contributed by atoms with Gasteiger partial charge in [0, 0.05) is 35.2 Å². The molecule has 2 heterocycles. The molecule has 0 unspecified atom stereocenters. The van der Waals surface area contributed by atoms with Crippen molar-refractivity contribution in [1.29, 1.82) is 0 Å². The number of hydrogen-bond donors (Lipinski definition) is 3. The topological polar surface area (TPSA) is 69.8 Å². The summed E-state index contributed by atoms with van der Waals surface area (Å²) in [6.07, 6.45) is 4.49. The third kappa shape index (κ3) is 3.17. The number of nitrogens with zero attached hydrogens (tertiary/aromatic N) is 1. The molecule has 5 nitrogen and oxygen atoms in total. The first-order valence-corrected chi connectivity index (χ1v) is 8.25. The molecule has 0 spiro atoms. The fourth-order valence-electron chi connectivity index (χ4n) is 3.02. The first kappa shape index (κ1) is 15.2. The van der Waals surface area contributed by atoms with Crippen LogP contribution in [0, 0.1) is 0 Å². The number of hydrogen-bond acceptors (Lipinski definition) is 2. The third-order valence-electron chi connectivity index (χ3n) is 4.24. The van der Waals surface area contributed by atoms with Gasteiger partial charge in [-0.25, -0.2) is 4.79 Å². The lowest BCUT2D eigenvalue weighted by Crippen LogP contribution is -2.30. The molecule has 4 aromatic rings. The van der Waals surface area contributed by atoms with E-state index >= 15 is 0 Å². The van der Waals surface area contributed by atoms with E-state index in [9.17, 15) is 4.79 Å². The fourth-order valence-corrected chi connectivity index (χ4v) is 3.02. The van der Waals surface area contributed by atoms with Gasteiger partial charge in [-0.1, -0.05) is 36.4 Å². The molecule has 0 bridgehead atoms. The van der Waals surface area contributed by atoms with Gasteiger partial charge >= 0.3 is 6.03 Å². The number of urea groups is 1. The van der Waals surface area contributed by atoms with Crippen molar-refractivity contribution >= 4 is 33.5 Å². The average Bonchev–Trinajstić information content (AvgIpc) is 3.05. The predicted molar refractivity (Wildman–Crippen MR) is 101 cm³/mol. The van der Waals surface area contributed by atoms with E-state index in [4.69, 9.17) is 0 Å². The van der Waals surface area contributed by atoms with Crippen molar-refractivity contribution in [3.05, 3.63) is 72.6 Å². The van der Waals surface area contributed by atoms with Crippen LogP contribution in [0.2, 0.25) is 0 Å². The molecule has 25 heavy (non-hydrogen) atoms. The Kier molecular flexibility index (Phi) is 4.04. The fraction of sp³-hybridized carbons (Fsp3) is 0.100. The van der Waals surface area contributed by atoms with Crippen LogP contribution in [-0.2, 0) is 6.42 Å². The zero-order valence-electron chi connectivity index (χ0n) is 13.6. The van der Waals surface area contributed by atoms with Crippen molar-refractivity contribution in [3.8, 4) is 0 Å². The summed E-state index contributed by atoms with van der Waals surface area (Å²) in [7, 11) is 0. The number of fused-ring (bicyclic) bond motifs is 2. The molecular weight excluding hydrogens is 312 g/mol. The van der Waals surface area contributed by atoms with E-state index in [1.807, 2.05) is 54.7 Å². The Labute approximate surface area is 145 Å². The molecule has 0 fully saturated rings. The van der Waals surface area contributed by atoms with Crippen LogP contribution in [0.1, 0.15) is 5.56 Å². The first-order valence-electron chi connectivity index (χ1n) is 8.25. The summed E-state index contributed by atoms with van der Waals surface area (Å²) in [6.45, 7) is 0.561. The summed E-state index contributed by atoms with van der Waals surface area (Å²) >= 11 is 0. The molecule has 3 N–H and O–H groups in total. The summed E-state index contributed by atoms with van der Waals surface area (Å²) < 4.78 is 0. The standard InChI is InChI=1S/C20H18N4O/c25-20(24-18-9-3-5-14-6-4-11-21-19(14)18)22-12-10-15-13-23-17-8-2-1-7-16(15)17/h1-9,11,13,23H,10,12H2,(H2,22,24,25). The quantitative estimate of drug-likeness (QED) is 0.528. The number of anilines is 1. The Hall–Kier alpha value is -3.34. The zero-order valence-corrected chi connectivity index (χ0v) is 13.6. The van der Waals surface area contributed by atoms with E-state index in [1.54, 1.807) is 6.20 Å². The zero-order chi connectivity index (χ0) is 17.1. The Bertz CT molecular complexity index is 1030. The lowest BCUT2D eigenvalue weighted by Gasteiger charge is -2.09. The summed E-state index contributed by atoms with van der Waals surface area (Å²) in [6, 6.07) is 17.5. The number of para-hydroxylation sites is 2. The number of aromatic nitrogens is 2. The Balaban J connectivity index is 1.39. The van der Waals surface area contributed by atoms with Gasteiger partial charge in [-0.05, 0) is 30.2 Å². The molecule has 4 rings (SSSR count). The number of H-pyrrole nitrogens is 1. The van der Waals surface area contributed by atoms with Crippen molar-refractivity contribution < 1.29 is 4.79 Å². The molecule has 0 aliphatic rings. The smallest absolute Gasteiger partial charge is 0.319 e.